The van der Waals surface area contributed by atoms with E-state index in [0.717, 1.165) is 11.1 Å². The van der Waals surface area contributed by atoms with E-state index in [9.17, 15) is 14.4 Å². The summed E-state index contributed by atoms with van der Waals surface area (Å²) < 4.78 is 10.5. The van der Waals surface area contributed by atoms with Crippen LogP contribution in [0.15, 0.2) is 40.4 Å². The normalized spacial score (nSPS) is 15.4. The van der Waals surface area contributed by atoms with Crippen LogP contribution in [0.1, 0.15) is 35.0 Å². The fourth-order valence-electron chi connectivity index (χ4n) is 2.90. The molecule has 3 amide bonds. The van der Waals surface area contributed by atoms with Crippen LogP contribution in [0.5, 0.6) is 0 Å². The molecule has 27 heavy (non-hydrogen) atoms. The van der Waals surface area contributed by atoms with E-state index in [1.54, 1.807) is 30.3 Å². The zero-order valence-electron chi connectivity index (χ0n) is 15.4. The zero-order valence-corrected chi connectivity index (χ0v) is 15.4. The molecule has 0 saturated carbocycles. The number of ether oxygens (including phenoxy) is 1. The van der Waals surface area contributed by atoms with E-state index in [1.807, 2.05) is 13.8 Å². The number of methoxy groups -OCH3 is 1. The van der Waals surface area contributed by atoms with Gasteiger partial charge in [-0.25, -0.2) is 9.59 Å². The predicted octanol–water partition coefficient (Wildman–Crippen LogP) is 3.34. The SMILES string of the molecule is CCCN1C(=O)N/C(=C/c2ccc(-c3ccc(C(=O)OC)cc3C)o2)C1=O. The highest BCUT2D eigenvalue weighted by Gasteiger charge is 2.32. The van der Waals surface area contributed by atoms with Crippen molar-refractivity contribution in [2.75, 3.05) is 13.7 Å². The Balaban J connectivity index is 1.85. The highest BCUT2D eigenvalue weighted by molar-refractivity contribution is 6.13. The number of amides is 3. The summed E-state index contributed by atoms with van der Waals surface area (Å²) in [4.78, 5) is 36.9. The summed E-state index contributed by atoms with van der Waals surface area (Å²) in [6, 6.07) is 8.25. The van der Waals surface area contributed by atoms with Gasteiger partial charge in [-0.3, -0.25) is 9.69 Å². The Hall–Kier alpha value is -3.35. The minimum absolute atomic E-state index is 0.187. The molecule has 2 heterocycles. The molecule has 1 aliphatic rings. The fraction of sp³-hybridized carbons (Fsp3) is 0.250. The lowest BCUT2D eigenvalue weighted by molar-refractivity contribution is -0.122. The maximum Gasteiger partial charge on any atom is 0.337 e. The summed E-state index contributed by atoms with van der Waals surface area (Å²) in [6.07, 6.45) is 2.20. The minimum Gasteiger partial charge on any atom is -0.465 e. The van der Waals surface area contributed by atoms with E-state index in [1.165, 1.54) is 18.1 Å². The van der Waals surface area contributed by atoms with Crippen LogP contribution < -0.4 is 5.32 Å². The molecule has 1 N–H and O–H groups in total. The number of esters is 1. The van der Waals surface area contributed by atoms with Gasteiger partial charge in [0.2, 0.25) is 0 Å². The monoisotopic (exact) mass is 368 g/mol. The number of rotatable bonds is 5. The Labute approximate surface area is 156 Å². The largest absolute Gasteiger partial charge is 0.465 e. The number of nitrogens with one attached hydrogen (secondary N) is 1. The van der Waals surface area contributed by atoms with Gasteiger partial charge in [-0.15, -0.1) is 0 Å². The Morgan fingerprint density at radius 1 is 1.26 bits per heavy atom. The molecule has 1 fully saturated rings. The summed E-state index contributed by atoms with van der Waals surface area (Å²) in [7, 11) is 1.34. The van der Waals surface area contributed by atoms with Crippen LogP contribution in [0, 0.1) is 6.92 Å². The van der Waals surface area contributed by atoms with Crippen LogP contribution in [0.2, 0.25) is 0 Å². The highest BCUT2D eigenvalue weighted by Crippen LogP contribution is 2.28. The maximum atomic E-state index is 12.3. The molecule has 1 aromatic heterocycles. The quantitative estimate of drug-likeness (QED) is 0.497. The number of hydrogen-bond acceptors (Lipinski definition) is 5. The number of nitrogens with zero attached hydrogens (tertiary/aromatic N) is 1. The smallest absolute Gasteiger partial charge is 0.337 e. The molecule has 0 radical (unpaired) electrons. The van der Waals surface area contributed by atoms with Crippen LogP contribution in [0.3, 0.4) is 0 Å². The summed E-state index contributed by atoms with van der Waals surface area (Å²) in [5.74, 6) is 0.279. The molecule has 7 nitrogen and oxygen atoms in total. The van der Waals surface area contributed by atoms with Gasteiger partial charge in [-0.2, -0.15) is 0 Å². The molecular formula is C20H20N2O5. The third-order valence-electron chi connectivity index (χ3n) is 4.24. The van der Waals surface area contributed by atoms with Crippen LogP contribution >= 0.6 is 0 Å². The molecule has 0 spiro atoms. The van der Waals surface area contributed by atoms with E-state index in [0.29, 0.717) is 30.0 Å². The molecule has 0 aliphatic carbocycles. The van der Waals surface area contributed by atoms with Crippen LogP contribution in [-0.2, 0) is 9.53 Å². The lowest BCUT2D eigenvalue weighted by atomic mass is 10.0. The maximum absolute atomic E-state index is 12.3. The molecule has 0 atom stereocenters. The molecular weight excluding hydrogens is 348 g/mol. The van der Waals surface area contributed by atoms with E-state index in [-0.39, 0.29) is 11.6 Å². The predicted molar refractivity (Wildman–Crippen MR) is 98.7 cm³/mol. The lowest BCUT2D eigenvalue weighted by Gasteiger charge is -2.08. The number of imide groups is 1. The second-order valence-electron chi connectivity index (χ2n) is 6.17. The number of furan rings is 1. The van der Waals surface area contributed by atoms with Crippen molar-refractivity contribution in [2.24, 2.45) is 0 Å². The average Bonchev–Trinajstić information content (AvgIpc) is 3.21. The average molecular weight is 368 g/mol. The lowest BCUT2D eigenvalue weighted by Crippen LogP contribution is -2.31. The van der Waals surface area contributed by atoms with Gasteiger partial charge in [0.25, 0.3) is 5.91 Å². The van der Waals surface area contributed by atoms with Gasteiger partial charge >= 0.3 is 12.0 Å². The Bertz CT molecular complexity index is 942. The first-order valence-corrected chi connectivity index (χ1v) is 8.58. The van der Waals surface area contributed by atoms with Crippen LogP contribution in [0.4, 0.5) is 4.79 Å². The van der Waals surface area contributed by atoms with E-state index in [4.69, 9.17) is 9.15 Å². The minimum atomic E-state index is -0.422. The topological polar surface area (TPSA) is 88.8 Å². The molecule has 0 unspecified atom stereocenters. The van der Waals surface area contributed by atoms with E-state index in [2.05, 4.69) is 5.32 Å². The number of carbonyl (C=O) groups excluding carboxylic acids is 3. The molecule has 7 heteroatoms. The molecule has 1 aliphatic heterocycles. The molecule has 2 aromatic rings. The fourth-order valence-corrected chi connectivity index (χ4v) is 2.90. The number of aryl methyl sites for hydroxylation is 1. The molecule has 1 aromatic carbocycles. The Morgan fingerprint density at radius 2 is 2.04 bits per heavy atom. The molecule has 0 bridgehead atoms. The van der Waals surface area contributed by atoms with Gasteiger partial charge in [0, 0.05) is 18.2 Å². The highest BCUT2D eigenvalue weighted by atomic mass is 16.5. The van der Waals surface area contributed by atoms with Crippen LogP contribution in [-0.4, -0.2) is 36.5 Å². The zero-order chi connectivity index (χ0) is 19.6. The van der Waals surface area contributed by atoms with Gasteiger partial charge in [-0.1, -0.05) is 13.0 Å². The van der Waals surface area contributed by atoms with Gasteiger partial charge in [0.05, 0.1) is 12.7 Å². The first-order chi connectivity index (χ1) is 12.9. The number of carbonyl (C=O) groups is 3. The van der Waals surface area contributed by atoms with E-state index < -0.39 is 12.0 Å². The standard InChI is InChI=1S/C20H20N2O5/c1-4-9-22-18(23)16(21-20(22)25)11-14-6-8-17(27-14)15-7-5-13(10-12(15)2)19(24)26-3/h5-8,10-11H,4,9H2,1-3H3,(H,21,25)/b16-11+. The first kappa shape index (κ1) is 18.4. The summed E-state index contributed by atoms with van der Waals surface area (Å²) >= 11 is 0. The van der Waals surface area contributed by atoms with Crippen molar-refractivity contribution in [3.63, 3.8) is 0 Å². The van der Waals surface area contributed by atoms with Crippen molar-refractivity contribution >= 4 is 24.0 Å². The number of benzene rings is 1. The molecule has 1 saturated heterocycles. The van der Waals surface area contributed by atoms with Gasteiger partial charge in [0.15, 0.2) is 0 Å². The van der Waals surface area contributed by atoms with Crippen LogP contribution in [0.25, 0.3) is 17.4 Å². The van der Waals surface area contributed by atoms with Crippen molar-refractivity contribution in [1.82, 2.24) is 10.2 Å². The third-order valence-corrected chi connectivity index (χ3v) is 4.24. The molecule has 3 rings (SSSR count). The number of urea groups is 1. The Morgan fingerprint density at radius 3 is 2.70 bits per heavy atom. The van der Waals surface area contributed by atoms with Gasteiger partial charge in [0.1, 0.15) is 17.2 Å². The summed E-state index contributed by atoms with van der Waals surface area (Å²) in [5.41, 5.74) is 2.32. The van der Waals surface area contributed by atoms with Crippen molar-refractivity contribution in [3.05, 3.63) is 52.9 Å². The van der Waals surface area contributed by atoms with Crippen molar-refractivity contribution < 1.29 is 23.5 Å². The Kier molecular flexibility index (Phi) is 5.12. The van der Waals surface area contributed by atoms with Gasteiger partial charge < -0.3 is 14.5 Å². The molecule has 140 valence electrons. The summed E-state index contributed by atoms with van der Waals surface area (Å²) in [6.45, 7) is 4.14. The number of hydrogen-bond donors (Lipinski definition) is 1. The summed E-state index contributed by atoms with van der Waals surface area (Å²) in [5, 5.41) is 2.56. The van der Waals surface area contributed by atoms with E-state index >= 15 is 0 Å². The van der Waals surface area contributed by atoms with Crippen molar-refractivity contribution in [3.8, 4) is 11.3 Å². The second kappa shape index (κ2) is 7.49. The third kappa shape index (κ3) is 3.62. The second-order valence-corrected chi connectivity index (χ2v) is 6.17. The van der Waals surface area contributed by atoms with Gasteiger partial charge in [-0.05, 0) is 43.2 Å². The first-order valence-electron chi connectivity index (χ1n) is 8.58. The van der Waals surface area contributed by atoms with Crippen molar-refractivity contribution in [1.29, 1.82) is 0 Å². The van der Waals surface area contributed by atoms with Crippen molar-refractivity contribution in [2.45, 2.75) is 20.3 Å².